The predicted molar refractivity (Wildman–Crippen MR) is 82.7 cm³/mol. The van der Waals surface area contributed by atoms with E-state index in [-0.39, 0.29) is 5.41 Å². The Balaban J connectivity index is 3.86. The van der Waals surface area contributed by atoms with Crippen molar-refractivity contribution in [1.29, 1.82) is 5.26 Å². The summed E-state index contributed by atoms with van der Waals surface area (Å²) < 4.78 is 10.8. The molecular formula is C16H32N2O2. The predicted octanol–water partition coefficient (Wildman–Crippen LogP) is 3.08. The van der Waals surface area contributed by atoms with Gasteiger partial charge in [-0.1, -0.05) is 6.42 Å². The maximum atomic E-state index is 9.00. The summed E-state index contributed by atoms with van der Waals surface area (Å²) in [5, 5.41) is 9.00. The molecule has 0 unspecified atom stereocenters. The molecule has 0 aliphatic carbocycles. The molecule has 0 atom stereocenters. The maximum absolute atomic E-state index is 9.00. The molecule has 0 N–H and O–H groups in total. The van der Waals surface area contributed by atoms with Gasteiger partial charge in [0, 0.05) is 26.3 Å². The van der Waals surface area contributed by atoms with E-state index in [1.54, 1.807) is 0 Å². The fraction of sp³-hybridized carbons (Fsp3) is 0.938. The van der Waals surface area contributed by atoms with Crippen LogP contribution in [-0.4, -0.2) is 51.0 Å². The highest BCUT2D eigenvalue weighted by molar-refractivity contribution is 4.91. The fourth-order valence-electron chi connectivity index (χ4n) is 1.97. The van der Waals surface area contributed by atoms with Crippen LogP contribution in [0.15, 0.2) is 0 Å². The molecule has 0 aliphatic rings. The van der Waals surface area contributed by atoms with Gasteiger partial charge in [-0.25, -0.2) is 0 Å². The average Bonchev–Trinajstić information content (AvgIpc) is 2.43. The highest BCUT2D eigenvalue weighted by Crippen LogP contribution is 2.21. The third kappa shape index (κ3) is 11.2. The normalized spacial score (nSPS) is 11.8. The lowest BCUT2D eigenvalue weighted by Gasteiger charge is -2.22. The lowest BCUT2D eigenvalue weighted by atomic mass is 9.89. The molecule has 4 heteroatoms. The minimum absolute atomic E-state index is 0.193. The van der Waals surface area contributed by atoms with Crippen LogP contribution in [0.4, 0.5) is 0 Å². The lowest BCUT2D eigenvalue weighted by molar-refractivity contribution is 0.0818. The van der Waals surface area contributed by atoms with Gasteiger partial charge in [-0.05, 0) is 47.1 Å². The zero-order chi connectivity index (χ0) is 15.3. The van der Waals surface area contributed by atoms with E-state index >= 15 is 0 Å². The lowest BCUT2D eigenvalue weighted by Crippen LogP contribution is -2.32. The molecule has 0 rings (SSSR count). The largest absolute Gasteiger partial charge is 0.380 e. The Morgan fingerprint density at radius 3 is 1.95 bits per heavy atom. The van der Waals surface area contributed by atoms with Gasteiger partial charge >= 0.3 is 0 Å². The molecule has 0 heterocycles. The molecule has 0 aromatic carbocycles. The van der Waals surface area contributed by atoms with Crippen molar-refractivity contribution in [3.8, 4) is 6.07 Å². The van der Waals surface area contributed by atoms with Crippen molar-refractivity contribution < 1.29 is 9.47 Å². The quantitative estimate of drug-likeness (QED) is 0.488. The summed E-state index contributed by atoms with van der Waals surface area (Å²) in [6, 6.07) is 2.36. The standard InChI is InChI=1S/C16H32N2O2/c1-5-19-13-11-18(12-14-20-6-2)10-8-7-9-16(3,4)15-17/h5-14H2,1-4H3. The highest BCUT2D eigenvalue weighted by Gasteiger charge is 2.15. The number of hydrogen-bond donors (Lipinski definition) is 0. The zero-order valence-electron chi connectivity index (χ0n) is 13.8. The second-order valence-corrected chi connectivity index (χ2v) is 5.69. The van der Waals surface area contributed by atoms with E-state index in [1.807, 2.05) is 27.7 Å². The summed E-state index contributed by atoms with van der Waals surface area (Å²) in [4.78, 5) is 2.39. The number of nitrogens with zero attached hydrogens (tertiary/aromatic N) is 2. The Morgan fingerprint density at radius 1 is 0.950 bits per heavy atom. The Kier molecular flexibility index (Phi) is 11.8. The first-order chi connectivity index (χ1) is 9.55. The average molecular weight is 284 g/mol. The minimum Gasteiger partial charge on any atom is -0.380 e. The van der Waals surface area contributed by atoms with Gasteiger partial charge in [0.2, 0.25) is 0 Å². The molecule has 0 aromatic heterocycles. The van der Waals surface area contributed by atoms with Crippen LogP contribution in [0.5, 0.6) is 0 Å². The maximum Gasteiger partial charge on any atom is 0.0683 e. The number of unbranched alkanes of at least 4 members (excludes halogenated alkanes) is 1. The highest BCUT2D eigenvalue weighted by atomic mass is 16.5. The number of rotatable bonds is 13. The zero-order valence-corrected chi connectivity index (χ0v) is 13.8. The van der Waals surface area contributed by atoms with Crippen LogP contribution >= 0.6 is 0 Å². The van der Waals surface area contributed by atoms with Crippen molar-refractivity contribution in [3.05, 3.63) is 0 Å². The molecule has 0 spiro atoms. The van der Waals surface area contributed by atoms with Gasteiger partial charge in [-0.15, -0.1) is 0 Å². The van der Waals surface area contributed by atoms with Crippen LogP contribution in [0.3, 0.4) is 0 Å². The summed E-state index contributed by atoms with van der Waals surface area (Å²) in [5.41, 5.74) is -0.193. The van der Waals surface area contributed by atoms with Crippen molar-refractivity contribution >= 4 is 0 Å². The van der Waals surface area contributed by atoms with Crippen LogP contribution in [0.1, 0.15) is 47.0 Å². The SMILES string of the molecule is CCOCCN(CCCCC(C)(C)C#N)CCOCC. The smallest absolute Gasteiger partial charge is 0.0683 e. The second-order valence-electron chi connectivity index (χ2n) is 5.69. The monoisotopic (exact) mass is 284 g/mol. The van der Waals surface area contributed by atoms with Crippen molar-refractivity contribution in [3.63, 3.8) is 0 Å². The van der Waals surface area contributed by atoms with Gasteiger partial charge in [-0.2, -0.15) is 5.26 Å². The topological polar surface area (TPSA) is 45.5 Å². The Labute approximate surface area is 125 Å². The summed E-state index contributed by atoms with van der Waals surface area (Å²) in [6.45, 7) is 14.2. The van der Waals surface area contributed by atoms with E-state index in [0.29, 0.717) is 0 Å². The van der Waals surface area contributed by atoms with Crippen molar-refractivity contribution in [2.75, 3.05) is 46.1 Å². The number of hydrogen-bond acceptors (Lipinski definition) is 4. The van der Waals surface area contributed by atoms with Crippen LogP contribution in [0.25, 0.3) is 0 Å². The molecule has 0 fully saturated rings. The van der Waals surface area contributed by atoms with Gasteiger partial charge in [0.05, 0.1) is 24.7 Å². The Hall–Kier alpha value is -0.630. The molecule has 0 saturated carbocycles. The minimum atomic E-state index is -0.193. The van der Waals surface area contributed by atoms with E-state index in [0.717, 1.165) is 65.3 Å². The molecule has 0 amide bonds. The molecule has 0 aliphatic heterocycles. The fourth-order valence-corrected chi connectivity index (χ4v) is 1.97. The molecule has 118 valence electrons. The molecule has 0 radical (unpaired) electrons. The molecule has 0 saturated heterocycles. The first kappa shape index (κ1) is 19.4. The van der Waals surface area contributed by atoms with Gasteiger partial charge < -0.3 is 9.47 Å². The van der Waals surface area contributed by atoms with E-state index in [9.17, 15) is 0 Å². The van der Waals surface area contributed by atoms with E-state index in [2.05, 4.69) is 11.0 Å². The van der Waals surface area contributed by atoms with Gasteiger partial charge in [0.25, 0.3) is 0 Å². The molecule has 0 bridgehead atoms. The molecule has 0 aromatic rings. The van der Waals surface area contributed by atoms with Gasteiger partial charge in [-0.3, -0.25) is 4.90 Å². The summed E-state index contributed by atoms with van der Waals surface area (Å²) >= 11 is 0. The van der Waals surface area contributed by atoms with E-state index in [1.165, 1.54) is 0 Å². The first-order valence-corrected chi connectivity index (χ1v) is 7.84. The van der Waals surface area contributed by atoms with Crippen LogP contribution in [0, 0.1) is 16.7 Å². The van der Waals surface area contributed by atoms with Crippen molar-refractivity contribution in [1.82, 2.24) is 4.90 Å². The number of nitriles is 1. The van der Waals surface area contributed by atoms with Crippen molar-refractivity contribution in [2.45, 2.75) is 47.0 Å². The molecular weight excluding hydrogens is 252 g/mol. The van der Waals surface area contributed by atoms with Crippen LogP contribution in [-0.2, 0) is 9.47 Å². The Bertz CT molecular complexity index is 252. The van der Waals surface area contributed by atoms with E-state index in [4.69, 9.17) is 14.7 Å². The summed E-state index contributed by atoms with van der Waals surface area (Å²) in [6.07, 6.45) is 3.19. The molecule has 20 heavy (non-hydrogen) atoms. The van der Waals surface area contributed by atoms with Crippen LogP contribution < -0.4 is 0 Å². The third-order valence-corrected chi connectivity index (χ3v) is 3.34. The summed E-state index contributed by atoms with van der Waals surface area (Å²) in [5.74, 6) is 0. The third-order valence-electron chi connectivity index (χ3n) is 3.34. The summed E-state index contributed by atoms with van der Waals surface area (Å²) in [7, 11) is 0. The molecule has 4 nitrogen and oxygen atoms in total. The number of ether oxygens (including phenoxy) is 2. The Morgan fingerprint density at radius 2 is 1.50 bits per heavy atom. The van der Waals surface area contributed by atoms with Gasteiger partial charge in [0.1, 0.15) is 0 Å². The van der Waals surface area contributed by atoms with Crippen molar-refractivity contribution in [2.24, 2.45) is 5.41 Å². The van der Waals surface area contributed by atoms with Crippen LogP contribution in [0.2, 0.25) is 0 Å². The first-order valence-electron chi connectivity index (χ1n) is 7.84. The van der Waals surface area contributed by atoms with E-state index < -0.39 is 0 Å². The van der Waals surface area contributed by atoms with Gasteiger partial charge in [0.15, 0.2) is 0 Å². The second kappa shape index (κ2) is 12.1.